The topological polar surface area (TPSA) is 73.4 Å². The molecule has 8 heteroatoms. The first-order valence-corrected chi connectivity index (χ1v) is 8.74. The Morgan fingerprint density at radius 2 is 1.21 bits per heavy atom. The molecular formula is C16H28N4O4. The van der Waals surface area contributed by atoms with E-state index in [0.29, 0.717) is 45.9 Å². The fraction of sp³-hybridized carbons (Fsp3) is 0.812. The first-order valence-electron chi connectivity index (χ1n) is 8.74. The second-order valence-corrected chi connectivity index (χ2v) is 6.06. The third kappa shape index (κ3) is 4.83. The van der Waals surface area contributed by atoms with Gasteiger partial charge in [0, 0.05) is 52.4 Å². The number of carbonyl (C=O) groups excluding carboxylic acids is 3. The van der Waals surface area contributed by atoms with Crippen LogP contribution < -0.4 is 0 Å². The van der Waals surface area contributed by atoms with E-state index in [-0.39, 0.29) is 24.3 Å². The minimum atomic E-state index is -0.338. The predicted molar refractivity (Wildman–Crippen MR) is 88.5 cm³/mol. The molecule has 0 aromatic rings. The van der Waals surface area contributed by atoms with Gasteiger partial charge in [-0.1, -0.05) is 6.92 Å². The lowest BCUT2D eigenvalue weighted by atomic mass is 10.2. The maximum absolute atomic E-state index is 12.3. The predicted octanol–water partition coefficient (Wildman–Crippen LogP) is -0.159. The second-order valence-electron chi connectivity index (χ2n) is 6.06. The quantitative estimate of drug-likeness (QED) is 0.665. The number of rotatable bonds is 4. The number of carbonyl (C=O) groups is 3. The summed E-state index contributed by atoms with van der Waals surface area (Å²) < 4.78 is 4.96. The van der Waals surface area contributed by atoms with Crippen LogP contribution in [0.4, 0.5) is 4.79 Å². The molecule has 0 atom stereocenters. The monoisotopic (exact) mass is 340 g/mol. The smallest absolute Gasteiger partial charge is 0.409 e. The zero-order valence-electron chi connectivity index (χ0n) is 14.7. The minimum absolute atomic E-state index is 0.0778. The molecule has 0 bridgehead atoms. The molecule has 0 aliphatic carbocycles. The van der Waals surface area contributed by atoms with Crippen LogP contribution in [0.3, 0.4) is 0 Å². The van der Waals surface area contributed by atoms with Crippen LogP contribution >= 0.6 is 0 Å². The van der Waals surface area contributed by atoms with E-state index in [1.54, 1.807) is 21.6 Å². The first-order chi connectivity index (χ1) is 11.5. The van der Waals surface area contributed by atoms with Crippen LogP contribution in [-0.2, 0) is 14.3 Å². The normalized spacial score (nSPS) is 19.3. The molecule has 24 heavy (non-hydrogen) atoms. The summed E-state index contributed by atoms with van der Waals surface area (Å²) in [5.74, 6) is -0.245. The minimum Gasteiger partial charge on any atom is -0.450 e. The van der Waals surface area contributed by atoms with Crippen molar-refractivity contribution >= 4 is 17.9 Å². The van der Waals surface area contributed by atoms with Gasteiger partial charge in [0.05, 0.1) is 6.61 Å². The molecule has 0 radical (unpaired) electrons. The van der Waals surface area contributed by atoms with Crippen LogP contribution in [0.15, 0.2) is 0 Å². The zero-order valence-corrected chi connectivity index (χ0v) is 14.7. The van der Waals surface area contributed by atoms with E-state index in [0.717, 1.165) is 19.6 Å². The summed E-state index contributed by atoms with van der Waals surface area (Å²) in [7, 11) is 0. The Labute approximate surface area is 143 Å². The Hall–Kier alpha value is -1.83. The molecule has 2 fully saturated rings. The van der Waals surface area contributed by atoms with Crippen LogP contribution in [0, 0.1) is 0 Å². The van der Waals surface area contributed by atoms with Crippen molar-refractivity contribution in [2.45, 2.75) is 20.3 Å². The summed E-state index contributed by atoms with van der Waals surface area (Å²) in [6.07, 6.45) is -0.416. The summed E-state index contributed by atoms with van der Waals surface area (Å²) in [5.41, 5.74) is 0. The second kappa shape index (κ2) is 8.86. The summed E-state index contributed by atoms with van der Waals surface area (Å²) in [6, 6.07) is 0. The van der Waals surface area contributed by atoms with Crippen molar-refractivity contribution in [2.24, 2.45) is 0 Å². The van der Waals surface area contributed by atoms with Crippen molar-refractivity contribution in [1.29, 1.82) is 0 Å². The van der Waals surface area contributed by atoms with Gasteiger partial charge in [-0.3, -0.25) is 9.59 Å². The Kier molecular flexibility index (Phi) is 6.84. The maximum atomic E-state index is 12.3. The van der Waals surface area contributed by atoms with E-state index >= 15 is 0 Å². The Balaban J connectivity index is 1.73. The molecule has 0 saturated carbocycles. The molecule has 3 amide bonds. The van der Waals surface area contributed by atoms with Crippen LogP contribution in [0.25, 0.3) is 0 Å². The van der Waals surface area contributed by atoms with Gasteiger partial charge in [-0.25, -0.2) is 4.79 Å². The molecule has 0 N–H and O–H groups in total. The third-order valence-electron chi connectivity index (χ3n) is 4.63. The summed E-state index contributed by atoms with van der Waals surface area (Å²) in [4.78, 5) is 43.6. The van der Waals surface area contributed by atoms with E-state index in [1.807, 2.05) is 0 Å². The molecule has 2 heterocycles. The molecule has 0 unspecified atom stereocenters. The number of hydrogen-bond donors (Lipinski definition) is 0. The van der Waals surface area contributed by atoms with Crippen LogP contribution in [-0.4, -0.2) is 103 Å². The number of ether oxygens (including phenoxy) is 1. The Morgan fingerprint density at radius 1 is 0.750 bits per heavy atom. The van der Waals surface area contributed by atoms with E-state index in [9.17, 15) is 14.4 Å². The van der Waals surface area contributed by atoms with Gasteiger partial charge in [0.2, 0.25) is 11.8 Å². The zero-order chi connectivity index (χ0) is 17.5. The average molecular weight is 340 g/mol. The Morgan fingerprint density at radius 3 is 1.67 bits per heavy atom. The highest BCUT2D eigenvalue weighted by molar-refractivity contribution is 5.97. The van der Waals surface area contributed by atoms with E-state index in [4.69, 9.17) is 4.74 Å². The fourth-order valence-electron chi connectivity index (χ4n) is 3.02. The molecule has 2 saturated heterocycles. The molecule has 2 aliphatic rings. The van der Waals surface area contributed by atoms with Crippen molar-refractivity contribution in [3.8, 4) is 0 Å². The van der Waals surface area contributed by atoms with Gasteiger partial charge in [0.1, 0.15) is 6.42 Å². The number of likely N-dealkylation sites (N-methyl/N-ethyl adjacent to an activating group) is 1. The summed E-state index contributed by atoms with van der Waals surface area (Å²) in [5, 5.41) is 0. The molecule has 2 rings (SSSR count). The highest BCUT2D eigenvalue weighted by Crippen LogP contribution is 2.08. The summed E-state index contributed by atoms with van der Waals surface area (Å²) >= 11 is 0. The molecule has 136 valence electrons. The molecule has 8 nitrogen and oxygen atoms in total. The largest absolute Gasteiger partial charge is 0.450 e. The van der Waals surface area contributed by atoms with Gasteiger partial charge in [-0.2, -0.15) is 0 Å². The van der Waals surface area contributed by atoms with Crippen molar-refractivity contribution in [3.05, 3.63) is 0 Å². The van der Waals surface area contributed by atoms with Gasteiger partial charge in [0.15, 0.2) is 0 Å². The highest BCUT2D eigenvalue weighted by atomic mass is 16.6. The van der Waals surface area contributed by atoms with Gasteiger partial charge >= 0.3 is 6.09 Å². The Bertz CT molecular complexity index is 455. The van der Waals surface area contributed by atoms with Crippen molar-refractivity contribution in [3.63, 3.8) is 0 Å². The molecule has 2 aliphatic heterocycles. The van der Waals surface area contributed by atoms with Gasteiger partial charge < -0.3 is 24.3 Å². The van der Waals surface area contributed by atoms with Gasteiger partial charge in [-0.15, -0.1) is 0 Å². The molecule has 0 aromatic carbocycles. The number of amides is 3. The van der Waals surface area contributed by atoms with Crippen molar-refractivity contribution < 1.29 is 19.1 Å². The van der Waals surface area contributed by atoms with Crippen LogP contribution in [0.2, 0.25) is 0 Å². The fourth-order valence-corrected chi connectivity index (χ4v) is 3.02. The summed E-state index contributed by atoms with van der Waals surface area (Å²) in [6.45, 7) is 10.1. The molecule has 0 spiro atoms. The van der Waals surface area contributed by atoms with Crippen molar-refractivity contribution in [2.75, 3.05) is 65.5 Å². The SMILES string of the molecule is CCOC(=O)N1CCN(C(=O)CC(=O)N2CCN(CC)CC2)CC1. The number of hydrogen-bond acceptors (Lipinski definition) is 5. The highest BCUT2D eigenvalue weighted by Gasteiger charge is 2.28. The van der Waals surface area contributed by atoms with Crippen LogP contribution in [0.5, 0.6) is 0 Å². The lowest BCUT2D eigenvalue weighted by molar-refractivity contribution is -0.142. The standard InChI is InChI=1S/C16H28N4O4/c1-3-17-5-7-18(8-6-17)14(21)13-15(22)19-9-11-20(12-10-19)16(23)24-4-2/h3-13H2,1-2H3. The van der Waals surface area contributed by atoms with E-state index in [1.165, 1.54) is 0 Å². The third-order valence-corrected chi connectivity index (χ3v) is 4.63. The van der Waals surface area contributed by atoms with Crippen molar-refractivity contribution in [1.82, 2.24) is 19.6 Å². The van der Waals surface area contributed by atoms with E-state index < -0.39 is 0 Å². The molecule has 0 aromatic heterocycles. The maximum Gasteiger partial charge on any atom is 0.409 e. The number of piperazine rings is 2. The van der Waals surface area contributed by atoms with E-state index in [2.05, 4.69) is 11.8 Å². The lowest BCUT2D eigenvalue weighted by Gasteiger charge is -2.36. The number of nitrogens with zero attached hydrogens (tertiary/aromatic N) is 4. The van der Waals surface area contributed by atoms with Gasteiger partial charge in [0.25, 0.3) is 0 Å². The first kappa shape index (κ1) is 18.5. The van der Waals surface area contributed by atoms with Gasteiger partial charge in [-0.05, 0) is 13.5 Å². The lowest BCUT2D eigenvalue weighted by Crippen LogP contribution is -2.52. The molecular weight excluding hydrogens is 312 g/mol. The van der Waals surface area contributed by atoms with Crippen LogP contribution in [0.1, 0.15) is 20.3 Å². The average Bonchev–Trinajstić information content (AvgIpc) is 2.62.